The second kappa shape index (κ2) is 9.66. The molecule has 2 aromatic carbocycles. The summed E-state index contributed by atoms with van der Waals surface area (Å²) in [6, 6.07) is 20.6. The van der Waals surface area contributed by atoms with Crippen LogP contribution in [-0.4, -0.2) is 10.5 Å². The fourth-order valence-corrected chi connectivity index (χ4v) is 5.94. The Hall–Kier alpha value is -3.07. The first-order valence-corrected chi connectivity index (χ1v) is 13.0. The highest BCUT2D eigenvalue weighted by atomic mass is 79.9. The van der Waals surface area contributed by atoms with Gasteiger partial charge in [-0.1, -0.05) is 75.8 Å². The van der Waals surface area contributed by atoms with Crippen LogP contribution in [-0.2, 0) is 16.1 Å². The van der Waals surface area contributed by atoms with E-state index in [1.807, 2.05) is 78.2 Å². The molecule has 0 saturated heterocycles. The summed E-state index contributed by atoms with van der Waals surface area (Å²) < 4.78 is 8.81. The Balaban J connectivity index is 1.58. The first kappa shape index (κ1) is 22.7. The number of thiophene rings is 1. The fourth-order valence-electron chi connectivity index (χ4n) is 3.81. The second-order valence-corrected chi connectivity index (χ2v) is 10.6. The number of thiazole rings is 1. The molecule has 0 N–H and O–H groups in total. The van der Waals surface area contributed by atoms with Crippen molar-refractivity contribution in [1.29, 1.82) is 0 Å². The zero-order chi connectivity index (χ0) is 23.7. The summed E-state index contributed by atoms with van der Waals surface area (Å²) in [4.78, 5) is 32.9. The van der Waals surface area contributed by atoms with E-state index in [9.17, 15) is 9.59 Å². The summed E-state index contributed by atoms with van der Waals surface area (Å²) in [7, 11) is 0. The Labute approximate surface area is 212 Å². The normalized spacial score (nSPS) is 15.7. The van der Waals surface area contributed by atoms with Crippen LogP contribution in [0.1, 0.15) is 29.0 Å². The number of hydrogen-bond acceptors (Lipinski definition) is 6. The summed E-state index contributed by atoms with van der Waals surface area (Å²) in [6.45, 7) is 1.95. The Morgan fingerprint density at radius 3 is 2.59 bits per heavy atom. The number of carbonyl (C=O) groups is 1. The van der Waals surface area contributed by atoms with Gasteiger partial charge >= 0.3 is 5.97 Å². The van der Waals surface area contributed by atoms with Gasteiger partial charge in [0.2, 0.25) is 0 Å². The lowest BCUT2D eigenvalue weighted by molar-refractivity contribution is -0.140. The molecule has 0 bridgehead atoms. The van der Waals surface area contributed by atoms with Crippen LogP contribution in [0.4, 0.5) is 0 Å². The van der Waals surface area contributed by atoms with Crippen molar-refractivity contribution in [2.75, 3.05) is 0 Å². The third-order valence-electron chi connectivity index (χ3n) is 5.43. The largest absolute Gasteiger partial charge is 0.457 e. The Morgan fingerprint density at radius 1 is 1.12 bits per heavy atom. The summed E-state index contributed by atoms with van der Waals surface area (Å²) >= 11 is 6.26. The van der Waals surface area contributed by atoms with Gasteiger partial charge in [-0.25, -0.2) is 9.79 Å². The standard InChI is InChI=1S/C26H19BrN2O3S2/c1-16-22(25(31)32-15-18-6-3-2-4-7-18)23(20-8-5-13-33-20)29-24(30)21(34-26(29)28-16)14-17-9-11-19(27)12-10-17/h2-14,23H,15H2,1H3/b21-14+/t23-/m0/s1. The molecule has 0 radical (unpaired) electrons. The minimum Gasteiger partial charge on any atom is -0.457 e. The molecule has 0 unspecified atom stereocenters. The highest BCUT2D eigenvalue weighted by molar-refractivity contribution is 9.10. The van der Waals surface area contributed by atoms with Crippen molar-refractivity contribution in [1.82, 2.24) is 4.57 Å². The lowest BCUT2D eigenvalue weighted by Crippen LogP contribution is -2.39. The van der Waals surface area contributed by atoms with E-state index in [4.69, 9.17) is 4.74 Å². The summed E-state index contributed by atoms with van der Waals surface area (Å²) in [5, 5.41) is 1.94. The van der Waals surface area contributed by atoms with Crippen LogP contribution in [0.5, 0.6) is 0 Å². The van der Waals surface area contributed by atoms with E-state index < -0.39 is 12.0 Å². The lowest BCUT2D eigenvalue weighted by Gasteiger charge is -2.23. The van der Waals surface area contributed by atoms with Crippen molar-refractivity contribution in [2.45, 2.75) is 19.6 Å². The van der Waals surface area contributed by atoms with Crippen LogP contribution >= 0.6 is 38.6 Å². The number of carbonyl (C=O) groups excluding carboxylic acids is 1. The number of esters is 1. The van der Waals surface area contributed by atoms with E-state index in [1.165, 1.54) is 22.7 Å². The van der Waals surface area contributed by atoms with Gasteiger partial charge in [-0.15, -0.1) is 11.3 Å². The number of halogens is 1. The van der Waals surface area contributed by atoms with Gasteiger partial charge in [-0.3, -0.25) is 9.36 Å². The molecule has 5 nitrogen and oxygen atoms in total. The van der Waals surface area contributed by atoms with Crippen LogP contribution in [0.3, 0.4) is 0 Å². The predicted octanol–water partition coefficient (Wildman–Crippen LogP) is 4.80. The van der Waals surface area contributed by atoms with Gasteiger partial charge in [0.15, 0.2) is 4.80 Å². The smallest absolute Gasteiger partial charge is 0.338 e. The molecule has 0 amide bonds. The SMILES string of the molecule is CC1=C(C(=O)OCc2ccccc2)[C@H](c2cccs2)n2c(s/c(=C/c3ccc(Br)cc3)c2=O)=N1. The topological polar surface area (TPSA) is 60.7 Å². The van der Waals surface area contributed by atoms with Crippen LogP contribution in [0.15, 0.2) is 97.6 Å². The predicted molar refractivity (Wildman–Crippen MR) is 138 cm³/mol. The van der Waals surface area contributed by atoms with E-state index in [0.29, 0.717) is 20.6 Å². The number of ether oxygens (including phenoxy) is 1. The van der Waals surface area contributed by atoms with Gasteiger partial charge in [0.05, 0.1) is 15.8 Å². The molecule has 0 spiro atoms. The van der Waals surface area contributed by atoms with Crippen molar-refractivity contribution < 1.29 is 9.53 Å². The fraction of sp³-hybridized carbons (Fsp3) is 0.115. The molecule has 0 saturated carbocycles. The highest BCUT2D eigenvalue weighted by Gasteiger charge is 2.34. The van der Waals surface area contributed by atoms with E-state index in [0.717, 1.165) is 20.5 Å². The Morgan fingerprint density at radius 2 is 1.88 bits per heavy atom. The molecule has 2 aromatic heterocycles. The number of rotatable bonds is 5. The maximum absolute atomic E-state index is 13.5. The van der Waals surface area contributed by atoms with Gasteiger partial charge < -0.3 is 4.74 Å². The van der Waals surface area contributed by atoms with Crippen molar-refractivity contribution in [2.24, 2.45) is 4.99 Å². The Kier molecular flexibility index (Phi) is 6.45. The first-order chi connectivity index (χ1) is 16.5. The molecule has 1 atom stereocenters. The molecule has 3 heterocycles. The molecular formula is C26H19BrN2O3S2. The number of fused-ring (bicyclic) bond motifs is 1. The van der Waals surface area contributed by atoms with Crippen LogP contribution in [0.25, 0.3) is 6.08 Å². The van der Waals surface area contributed by atoms with Gasteiger partial charge in [-0.05, 0) is 47.7 Å². The maximum Gasteiger partial charge on any atom is 0.338 e. The number of aromatic nitrogens is 1. The number of nitrogens with zero attached hydrogens (tertiary/aromatic N) is 2. The maximum atomic E-state index is 13.5. The quantitative estimate of drug-likeness (QED) is 0.335. The molecule has 4 aromatic rings. The van der Waals surface area contributed by atoms with Crippen molar-refractivity contribution in [3.63, 3.8) is 0 Å². The molecule has 5 rings (SSSR count). The van der Waals surface area contributed by atoms with Crippen LogP contribution in [0.2, 0.25) is 0 Å². The third-order valence-corrected chi connectivity index (χ3v) is 7.87. The van der Waals surface area contributed by atoms with Gasteiger partial charge in [-0.2, -0.15) is 0 Å². The van der Waals surface area contributed by atoms with Crippen molar-refractivity contribution in [3.8, 4) is 0 Å². The average molecular weight is 551 g/mol. The molecule has 34 heavy (non-hydrogen) atoms. The minimum atomic E-state index is -0.577. The van der Waals surface area contributed by atoms with Gasteiger partial charge in [0, 0.05) is 9.35 Å². The molecule has 170 valence electrons. The third kappa shape index (κ3) is 4.49. The van der Waals surface area contributed by atoms with E-state index in [2.05, 4.69) is 20.9 Å². The number of hydrogen-bond donors (Lipinski definition) is 0. The number of allylic oxidation sites excluding steroid dienone is 1. The zero-order valence-corrected chi connectivity index (χ0v) is 21.3. The lowest BCUT2D eigenvalue weighted by atomic mass is 10.0. The summed E-state index contributed by atoms with van der Waals surface area (Å²) in [5.41, 5.74) is 2.59. The molecular weight excluding hydrogens is 532 g/mol. The summed E-state index contributed by atoms with van der Waals surface area (Å²) in [5.74, 6) is -0.467. The van der Waals surface area contributed by atoms with Crippen molar-refractivity contribution >= 4 is 50.6 Å². The minimum absolute atomic E-state index is 0.154. The van der Waals surface area contributed by atoms with Crippen molar-refractivity contribution in [3.05, 3.63) is 124 Å². The first-order valence-electron chi connectivity index (χ1n) is 10.5. The molecule has 0 aliphatic carbocycles. The van der Waals surface area contributed by atoms with Gasteiger partial charge in [0.1, 0.15) is 12.6 Å². The summed E-state index contributed by atoms with van der Waals surface area (Å²) in [6.07, 6.45) is 1.86. The molecule has 8 heteroatoms. The van der Waals surface area contributed by atoms with E-state index >= 15 is 0 Å². The van der Waals surface area contributed by atoms with E-state index in [-0.39, 0.29) is 12.2 Å². The molecule has 1 aliphatic rings. The van der Waals surface area contributed by atoms with Crippen LogP contribution in [0, 0.1) is 0 Å². The van der Waals surface area contributed by atoms with Gasteiger partial charge in [0.25, 0.3) is 5.56 Å². The Bertz CT molecular complexity index is 1550. The number of benzene rings is 2. The monoisotopic (exact) mass is 550 g/mol. The molecule has 0 fully saturated rings. The van der Waals surface area contributed by atoms with Crippen LogP contribution < -0.4 is 14.9 Å². The van der Waals surface area contributed by atoms with E-state index in [1.54, 1.807) is 11.5 Å². The zero-order valence-electron chi connectivity index (χ0n) is 18.1. The highest BCUT2D eigenvalue weighted by Crippen LogP contribution is 2.33. The molecule has 1 aliphatic heterocycles. The average Bonchev–Trinajstić information content (AvgIpc) is 3.47. The second-order valence-electron chi connectivity index (χ2n) is 7.71.